The lowest BCUT2D eigenvalue weighted by atomic mass is 9.84. The second-order valence-electron chi connectivity index (χ2n) is 7.15. The lowest BCUT2D eigenvalue weighted by Crippen LogP contribution is -2.46. The van der Waals surface area contributed by atoms with Gasteiger partial charge in [0.05, 0.1) is 16.1 Å². The van der Waals surface area contributed by atoms with Crippen molar-refractivity contribution in [2.45, 2.75) is 30.3 Å². The number of nitrogens with zero attached hydrogens (tertiary/aromatic N) is 1. The Balaban J connectivity index is 1.73. The van der Waals surface area contributed by atoms with E-state index in [1.54, 1.807) is 12.1 Å². The maximum Gasteiger partial charge on any atom is 0.255 e. The maximum atomic E-state index is 13.4. The first kappa shape index (κ1) is 18.9. The molecule has 0 bridgehead atoms. The van der Waals surface area contributed by atoms with Crippen molar-refractivity contribution in [3.05, 3.63) is 39.8 Å². The van der Waals surface area contributed by atoms with Crippen molar-refractivity contribution < 1.29 is 13.2 Å². The molecule has 9 heteroatoms. The molecule has 2 aliphatic rings. The normalized spacial score (nSPS) is 25.3. The topological polar surface area (TPSA) is 105 Å². The van der Waals surface area contributed by atoms with E-state index in [0.29, 0.717) is 25.7 Å². The first-order chi connectivity index (χ1) is 12.9. The summed E-state index contributed by atoms with van der Waals surface area (Å²) in [5, 5.41) is 0.680. The van der Waals surface area contributed by atoms with Crippen LogP contribution in [0.4, 0.5) is 0 Å². The minimum absolute atomic E-state index is 0.0270. The summed E-state index contributed by atoms with van der Waals surface area (Å²) in [5.74, 6) is 0.477. The maximum absolute atomic E-state index is 13.4. The molecule has 7 nitrogen and oxygen atoms in total. The Morgan fingerprint density at radius 2 is 1.96 bits per heavy atom. The SMILES string of the molecule is N[C@@H]1C(C2CCOCC2)CCN1S(=O)(=O)c1cccc2c(=O)[nH]cc(Cl)c12. The number of sulfonamides is 1. The summed E-state index contributed by atoms with van der Waals surface area (Å²) in [5.41, 5.74) is 6.02. The van der Waals surface area contributed by atoms with Crippen LogP contribution >= 0.6 is 11.6 Å². The van der Waals surface area contributed by atoms with E-state index in [1.165, 1.54) is 16.6 Å². The van der Waals surface area contributed by atoms with Gasteiger partial charge in [-0.1, -0.05) is 17.7 Å². The van der Waals surface area contributed by atoms with Crippen LogP contribution < -0.4 is 11.3 Å². The van der Waals surface area contributed by atoms with E-state index in [-0.39, 0.29) is 32.2 Å². The van der Waals surface area contributed by atoms with Crippen LogP contribution in [0.3, 0.4) is 0 Å². The number of nitrogens with two attached hydrogens (primary N) is 1. The number of halogens is 1. The van der Waals surface area contributed by atoms with Crippen LogP contribution in [-0.4, -0.2) is 43.6 Å². The van der Waals surface area contributed by atoms with Crippen molar-refractivity contribution in [1.82, 2.24) is 9.29 Å². The Kier molecular flexibility index (Phi) is 5.02. The fourth-order valence-corrected chi connectivity index (χ4v) is 6.45. The summed E-state index contributed by atoms with van der Waals surface area (Å²) >= 11 is 6.24. The molecule has 0 aliphatic carbocycles. The number of pyridine rings is 1. The molecule has 0 amide bonds. The van der Waals surface area contributed by atoms with Gasteiger partial charge >= 0.3 is 0 Å². The minimum atomic E-state index is -3.89. The molecule has 0 radical (unpaired) electrons. The predicted molar refractivity (Wildman–Crippen MR) is 103 cm³/mol. The average molecular weight is 412 g/mol. The van der Waals surface area contributed by atoms with Crippen LogP contribution in [0.15, 0.2) is 34.1 Å². The van der Waals surface area contributed by atoms with E-state index >= 15 is 0 Å². The van der Waals surface area contributed by atoms with Gasteiger partial charge in [-0.05, 0) is 43.2 Å². The van der Waals surface area contributed by atoms with E-state index in [4.69, 9.17) is 22.1 Å². The number of ether oxygens (including phenoxy) is 1. The standard InChI is InChI=1S/C18H22ClN3O4S/c19-14-10-21-18(23)13-2-1-3-15(16(13)14)27(24,25)22-7-4-12(17(22)20)11-5-8-26-9-6-11/h1-3,10-12,17H,4-9,20H2,(H,21,23)/t12?,17-/m0/s1. The highest BCUT2D eigenvalue weighted by molar-refractivity contribution is 7.89. The van der Waals surface area contributed by atoms with Crippen molar-refractivity contribution >= 4 is 32.4 Å². The Morgan fingerprint density at radius 1 is 1.22 bits per heavy atom. The molecule has 2 aromatic rings. The largest absolute Gasteiger partial charge is 0.381 e. The number of aromatic nitrogens is 1. The summed E-state index contributed by atoms with van der Waals surface area (Å²) < 4.78 is 33.6. The van der Waals surface area contributed by atoms with E-state index in [1.807, 2.05) is 0 Å². The van der Waals surface area contributed by atoms with Crippen LogP contribution in [-0.2, 0) is 14.8 Å². The van der Waals surface area contributed by atoms with Crippen molar-refractivity contribution in [1.29, 1.82) is 0 Å². The van der Waals surface area contributed by atoms with Crippen LogP contribution in [0, 0.1) is 11.8 Å². The zero-order valence-corrected chi connectivity index (χ0v) is 16.3. The van der Waals surface area contributed by atoms with Crippen LogP contribution in [0.2, 0.25) is 5.02 Å². The smallest absolute Gasteiger partial charge is 0.255 e. The molecule has 1 unspecified atom stereocenters. The molecular formula is C18H22ClN3O4S. The second-order valence-corrected chi connectivity index (χ2v) is 9.42. The molecule has 146 valence electrons. The van der Waals surface area contributed by atoms with E-state index < -0.39 is 16.2 Å². The first-order valence-corrected chi connectivity index (χ1v) is 10.9. The van der Waals surface area contributed by atoms with Gasteiger partial charge in [0.1, 0.15) is 0 Å². The molecule has 2 aliphatic heterocycles. The monoisotopic (exact) mass is 411 g/mol. The lowest BCUT2D eigenvalue weighted by molar-refractivity contribution is 0.0424. The quantitative estimate of drug-likeness (QED) is 0.802. The zero-order chi connectivity index (χ0) is 19.2. The molecule has 0 spiro atoms. The number of benzene rings is 1. The average Bonchev–Trinajstić information content (AvgIpc) is 3.07. The molecule has 0 saturated carbocycles. The van der Waals surface area contributed by atoms with E-state index in [2.05, 4.69) is 4.98 Å². The predicted octanol–water partition coefficient (Wildman–Crippen LogP) is 1.90. The van der Waals surface area contributed by atoms with Gasteiger partial charge in [0.25, 0.3) is 5.56 Å². The van der Waals surface area contributed by atoms with Gasteiger partial charge in [-0.2, -0.15) is 4.31 Å². The number of fused-ring (bicyclic) bond motifs is 1. The highest BCUT2D eigenvalue weighted by Gasteiger charge is 2.43. The number of aromatic amines is 1. The third kappa shape index (κ3) is 3.19. The molecule has 1 aromatic carbocycles. The van der Waals surface area contributed by atoms with Crippen LogP contribution in [0.25, 0.3) is 10.8 Å². The molecule has 1 aromatic heterocycles. The number of nitrogens with one attached hydrogen (secondary N) is 1. The molecule has 4 rings (SSSR count). The molecule has 3 N–H and O–H groups in total. The minimum Gasteiger partial charge on any atom is -0.381 e. The summed E-state index contributed by atoms with van der Waals surface area (Å²) in [4.78, 5) is 14.6. The van der Waals surface area contributed by atoms with E-state index in [9.17, 15) is 13.2 Å². The van der Waals surface area contributed by atoms with Crippen LogP contribution in [0.1, 0.15) is 19.3 Å². The Morgan fingerprint density at radius 3 is 2.70 bits per heavy atom. The van der Waals surface area contributed by atoms with Gasteiger partial charge in [0, 0.05) is 36.7 Å². The molecule has 27 heavy (non-hydrogen) atoms. The Labute approximate surface area is 162 Å². The third-order valence-corrected chi connectivity index (χ3v) is 7.99. The Bertz CT molecular complexity index is 1020. The molecule has 2 atom stereocenters. The van der Waals surface area contributed by atoms with Gasteiger partial charge < -0.3 is 15.5 Å². The van der Waals surface area contributed by atoms with Gasteiger partial charge in [0.15, 0.2) is 0 Å². The van der Waals surface area contributed by atoms with Gasteiger partial charge in [-0.15, -0.1) is 0 Å². The number of H-pyrrole nitrogens is 1. The lowest BCUT2D eigenvalue weighted by Gasteiger charge is -2.31. The summed E-state index contributed by atoms with van der Waals surface area (Å²) in [7, 11) is -3.89. The van der Waals surface area contributed by atoms with Gasteiger partial charge in [-0.25, -0.2) is 8.42 Å². The Hall–Kier alpha value is -1.45. The summed E-state index contributed by atoms with van der Waals surface area (Å²) in [6, 6.07) is 4.60. The van der Waals surface area contributed by atoms with Gasteiger partial charge in [0.2, 0.25) is 10.0 Å². The number of rotatable bonds is 3. The summed E-state index contributed by atoms with van der Waals surface area (Å²) in [6.45, 7) is 1.76. The fraction of sp³-hybridized carbons (Fsp3) is 0.500. The highest BCUT2D eigenvalue weighted by atomic mass is 35.5. The van der Waals surface area contributed by atoms with Crippen molar-refractivity contribution in [2.24, 2.45) is 17.6 Å². The zero-order valence-electron chi connectivity index (χ0n) is 14.7. The van der Waals surface area contributed by atoms with E-state index in [0.717, 1.165) is 19.3 Å². The molecular weight excluding hydrogens is 390 g/mol. The molecule has 2 fully saturated rings. The van der Waals surface area contributed by atoms with Crippen molar-refractivity contribution in [3.8, 4) is 0 Å². The highest BCUT2D eigenvalue weighted by Crippen LogP contribution is 2.38. The molecule has 3 heterocycles. The van der Waals surface area contributed by atoms with Crippen molar-refractivity contribution in [2.75, 3.05) is 19.8 Å². The molecule has 2 saturated heterocycles. The van der Waals surface area contributed by atoms with Crippen molar-refractivity contribution in [3.63, 3.8) is 0 Å². The first-order valence-electron chi connectivity index (χ1n) is 9.06. The van der Waals surface area contributed by atoms with Gasteiger partial charge in [-0.3, -0.25) is 4.79 Å². The fourth-order valence-electron chi connectivity index (χ4n) is 4.34. The number of hydrogen-bond donors (Lipinski definition) is 2. The third-order valence-electron chi connectivity index (χ3n) is 5.75. The number of hydrogen-bond acceptors (Lipinski definition) is 5. The van der Waals surface area contributed by atoms with Crippen LogP contribution in [0.5, 0.6) is 0 Å². The second kappa shape index (κ2) is 7.18. The summed E-state index contributed by atoms with van der Waals surface area (Å²) in [6.07, 6.45) is 3.27.